The molecule has 1 saturated carbocycles. The van der Waals surface area contributed by atoms with Gasteiger partial charge in [-0.1, -0.05) is 25.0 Å². The topological polar surface area (TPSA) is 178 Å². The fourth-order valence-electron chi connectivity index (χ4n) is 6.06. The van der Waals surface area contributed by atoms with E-state index in [1.165, 1.54) is 9.70 Å². The molecule has 2 aliphatic heterocycles. The number of aliphatic carboxylic acids is 1. The standard InChI is InChI=1S/C32H43N7O7/c1-5-45-23-15-13-20(14-16-23)26-35-37-39(36-26)22-17-25-27(40)34-32(29(42)43)18-21(32)11-9-7-6-8-10-12-24(28(41)38(25)19-22)33-30(44)46-31(2,3)4/h9,11,13-16,21-22,24-25H,5-8,10,12,17-19H2,1-4H3,(H,33,44)(H,34,40)(H,42,43)/b11-9-/t21-,22+,24+,25+,32+/m1/s1. The van der Waals surface area contributed by atoms with Gasteiger partial charge in [0, 0.05) is 24.4 Å². The van der Waals surface area contributed by atoms with Gasteiger partial charge in [0.05, 0.1) is 12.6 Å². The number of carboxylic acid groups (broad SMARTS) is 1. The lowest BCUT2D eigenvalue weighted by Crippen LogP contribution is -2.56. The van der Waals surface area contributed by atoms with Crippen LogP contribution in [0.25, 0.3) is 11.4 Å². The molecule has 1 aliphatic carbocycles. The lowest BCUT2D eigenvalue weighted by molar-refractivity contribution is -0.145. The van der Waals surface area contributed by atoms with Crippen LogP contribution in [0.4, 0.5) is 4.79 Å². The number of carbonyl (C=O) groups excluding carboxylic acids is 3. The quantitative estimate of drug-likeness (QED) is 0.398. The molecule has 1 aromatic carbocycles. The number of hydrogen-bond donors (Lipinski definition) is 3. The number of nitrogens with one attached hydrogen (secondary N) is 2. The number of aromatic nitrogens is 4. The first kappa shape index (κ1) is 32.9. The Kier molecular flexibility index (Phi) is 9.63. The van der Waals surface area contributed by atoms with Crippen LogP contribution in [-0.2, 0) is 19.1 Å². The third-order valence-corrected chi connectivity index (χ3v) is 8.51. The van der Waals surface area contributed by atoms with E-state index < -0.39 is 53.1 Å². The van der Waals surface area contributed by atoms with Gasteiger partial charge in [-0.15, -0.1) is 10.2 Å². The zero-order valence-electron chi connectivity index (χ0n) is 26.8. The summed E-state index contributed by atoms with van der Waals surface area (Å²) in [5, 5.41) is 28.6. The molecular weight excluding hydrogens is 594 g/mol. The first-order valence-electron chi connectivity index (χ1n) is 15.9. The van der Waals surface area contributed by atoms with Gasteiger partial charge in [-0.2, -0.15) is 4.80 Å². The van der Waals surface area contributed by atoms with Crippen molar-refractivity contribution in [2.75, 3.05) is 13.2 Å². The summed E-state index contributed by atoms with van der Waals surface area (Å²) in [7, 11) is 0. The van der Waals surface area contributed by atoms with E-state index in [0.29, 0.717) is 36.6 Å². The molecule has 0 spiro atoms. The molecule has 46 heavy (non-hydrogen) atoms. The molecule has 5 atom stereocenters. The van der Waals surface area contributed by atoms with Crippen molar-refractivity contribution in [2.24, 2.45) is 5.92 Å². The van der Waals surface area contributed by atoms with Gasteiger partial charge >= 0.3 is 12.1 Å². The predicted octanol–water partition coefficient (Wildman–Crippen LogP) is 3.25. The number of benzene rings is 1. The fourth-order valence-corrected chi connectivity index (χ4v) is 6.06. The second-order valence-electron chi connectivity index (χ2n) is 13.1. The average Bonchev–Trinajstić information content (AvgIpc) is 3.31. The minimum Gasteiger partial charge on any atom is -0.494 e. The van der Waals surface area contributed by atoms with E-state index in [1.807, 2.05) is 43.3 Å². The highest BCUT2D eigenvalue weighted by Crippen LogP contribution is 2.45. The Labute approximate surface area is 267 Å². The van der Waals surface area contributed by atoms with E-state index in [-0.39, 0.29) is 25.3 Å². The lowest BCUT2D eigenvalue weighted by atomic mass is 10.0. The van der Waals surface area contributed by atoms with Crippen molar-refractivity contribution >= 4 is 23.9 Å². The van der Waals surface area contributed by atoms with Gasteiger partial charge in [0.25, 0.3) is 0 Å². The number of carbonyl (C=O) groups is 4. The Morgan fingerprint density at radius 3 is 2.61 bits per heavy atom. The summed E-state index contributed by atoms with van der Waals surface area (Å²) in [5.74, 6) is -1.40. The van der Waals surface area contributed by atoms with Crippen molar-refractivity contribution in [2.45, 2.75) is 102 Å². The lowest BCUT2D eigenvalue weighted by Gasteiger charge is -2.30. The van der Waals surface area contributed by atoms with Crippen LogP contribution in [0.15, 0.2) is 36.4 Å². The number of alkyl carbamates (subject to hydrolysis) is 1. The molecular formula is C32H43N7O7. The smallest absolute Gasteiger partial charge is 0.408 e. The number of rotatable bonds is 6. The Morgan fingerprint density at radius 2 is 1.91 bits per heavy atom. The Morgan fingerprint density at radius 1 is 1.15 bits per heavy atom. The second-order valence-corrected chi connectivity index (χ2v) is 13.1. The maximum Gasteiger partial charge on any atom is 0.408 e. The van der Waals surface area contributed by atoms with Crippen molar-refractivity contribution in [3.8, 4) is 17.1 Å². The summed E-state index contributed by atoms with van der Waals surface area (Å²) < 4.78 is 11.0. The van der Waals surface area contributed by atoms with Gasteiger partial charge in [0.15, 0.2) is 0 Å². The van der Waals surface area contributed by atoms with Gasteiger partial charge < -0.3 is 30.1 Å². The van der Waals surface area contributed by atoms with E-state index >= 15 is 0 Å². The SMILES string of the molecule is CCOc1ccc(-c2nnn([C@H]3C[C@H]4C(=O)N[C@@]5(C(=O)O)C[C@H]5/C=C\CCCCC[C@H](NC(=O)OC(C)(C)C)C(=O)N4C3)n2)cc1. The molecule has 3 heterocycles. The molecule has 14 heteroatoms. The Bertz CT molecular complexity index is 1470. The Balaban J connectivity index is 1.42. The summed E-state index contributed by atoms with van der Waals surface area (Å²) in [6.45, 7) is 7.71. The molecule has 248 valence electrons. The molecule has 3 aliphatic rings. The van der Waals surface area contributed by atoms with Gasteiger partial charge in [0.1, 0.15) is 29.0 Å². The highest BCUT2D eigenvalue weighted by molar-refractivity contribution is 5.96. The number of amides is 3. The van der Waals surface area contributed by atoms with Crippen LogP contribution in [0.3, 0.4) is 0 Å². The molecule has 0 radical (unpaired) electrons. The minimum absolute atomic E-state index is 0.0614. The monoisotopic (exact) mass is 637 g/mol. The number of nitrogens with zero attached hydrogens (tertiary/aromatic N) is 5. The van der Waals surface area contributed by atoms with Crippen molar-refractivity contribution in [3.63, 3.8) is 0 Å². The zero-order valence-corrected chi connectivity index (χ0v) is 26.8. The molecule has 0 bridgehead atoms. The van der Waals surface area contributed by atoms with Gasteiger partial charge in [0.2, 0.25) is 17.6 Å². The van der Waals surface area contributed by atoms with E-state index in [0.717, 1.165) is 19.3 Å². The van der Waals surface area contributed by atoms with Crippen molar-refractivity contribution in [3.05, 3.63) is 36.4 Å². The number of allylic oxidation sites excluding steroid dienone is 1. The fraction of sp³-hybridized carbons (Fsp3) is 0.594. The maximum atomic E-state index is 14.2. The molecule has 3 N–H and O–H groups in total. The molecule has 2 aromatic rings. The normalized spacial score (nSPS) is 27.7. The number of fused-ring (bicyclic) bond motifs is 2. The molecule has 1 aromatic heterocycles. The van der Waals surface area contributed by atoms with Crippen LogP contribution in [0.5, 0.6) is 5.75 Å². The third kappa shape index (κ3) is 7.48. The molecule has 3 amide bonds. The molecule has 5 rings (SSSR count). The van der Waals surface area contributed by atoms with Gasteiger partial charge in [-0.25, -0.2) is 9.59 Å². The van der Waals surface area contributed by atoms with E-state index in [1.54, 1.807) is 20.8 Å². The van der Waals surface area contributed by atoms with Crippen molar-refractivity contribution in [1.29, 1.82) is 0 Å². The first-order chi connectivity index (χ1) is 21.9. The highest BCUT2D eigenvalue weighted by Gasteiger charge is 2.61. The summed E-state index contributed by atoms with van der Waals surface area (Å²) in [6, 6.07) is 4.76. The number of carboxylic acids is 1. The summed E-state index contributed by atoms with van der Waals surface area (Å²) in [4.78, 5) is 56.0. The van der Waals surface area contributed by atoms with Crippen LogP contribution in [0.1, 0.15) is 78.7 Å². The third-order valence-electron chi connectivity index (χ3n) is 8.51. The minimum atomic E-state index is -1.43. The number of tetrazole rings is 1. The Hall–Kier alpha value is -4.49. The highest BCUT2D eigenvalue weighted by atomic mass is 16.6. The van der Waals surface area contributed by atoms with Crippen molar-refractivity contribution in [1.82, 2.24) is 35.7 Å². The number of hydrogen-bond acceptors (Lipinski definition) is 9. The van der Waals surface area contributed by atoms with Crippen LogP contribution < -0.4 is 15.4 Å². The number of ether oxygens (including phenoxy) is 2. The molecule has 2 fully saturated rings. The maximum absolute atomic E-state index is 14.2. The van der Waals surface area contributed by atoms with E-state index in [4.69, 9.17) is 9.47 Å². The van der Waals surface area contributed by atoms with Gasteiger partial charge in [-0.3, -0.25) is 9.59 Å². The van der Waals surface area contributed by atoms with Crippen LogP contribution in [0, 0.1) is 5.92 Å². The van der Waals surface area contributed by atoms with Crippen LogP contribution in [-0.4, -0.2) is 90.5 Å². The predicted molar refractivity (Wildman–Crippen MR) is 166 cm³/mol. The van der Waals surface area contributed by atoms with Crippen LogP contribution in [0.2, 0.25) is 0 Å². The molecule has 1 saturated heterocycles. The summed E-state index contributed by atoms with van der Waals surface area (Å²) in [6.07, 6.45) is 6.90. The molecule has 14 nitrogen and oxygen atoms in total. The second kappa shape index (κ2) is 13.5. The largest absolute Gasteiger partial charge is 0.494 e. The van der Waals surface area contributed by atoms with E-state index in [9.17, 15) is 24.3 Å². The summed E-state index contributed by atoms with van der Waals surface area (Å²) in [5.41, 5.74) is -1.48. The average molecular weight is 638 g/mol. The van der Waals surface area contributed by atoms with Crippen molar-refractivity contribution < 1.29 is 33.8 Å². The zero-order chi connectivity index (χ0) is 33.1. The first-order valence-corrected chi connectivity index (χ1v) is 15.9. The van der Waals surface area contributed by atoms with Gasteiger partial charge in [-0.05, 0) is 82.9 Å². The van der Waals surface area contributed by atoms with E-state index in [2.05, 4.69) is 26.0 Å². The van der Waals surface area contributed by atoms with Crippen LogP contribution >= 0.6 is 0 Å². The summed E-state index contributed by atoms with van der Waals surface area (Å²) >= 11 is 0. The molecule has 0 unspecified atom stereocenters.